The van der Waals surface area contributed by atoms with Crippen LogP contribution in [0.15, 0.2) is 110 Å². The number of phenols is 2. The Labute approximate surface area is 208 Å². The zero-order chi connectivity index (χ0) is 25.0. The molecule has 2 heteroatoms. The van der Waals surface area contributed by atoms with Gasteiger partial charge < -0.3 is 10.2 Å². The minimum absolute atomic E-state index is 0.215. The van der Waals surface area contributed by atoms with Crippen molar-refractivity contribution in [1.29, 1.82) is 0 Å². The molecule has 0 spiro atoms. The van der Waals surface area contributed by atoms with E-state index in [2.05, 4.69) is 63.4 Å². The first-order valence-electron chi connectivity index (χ1n) is 11.9. The molecule has 0 atom stereocenters. The largest absolute Gasteiger partial charge is 0.508 e. The molecule has 0 aliphatic rings. The van der Waals surface area contributed by atoms with Crippen LogP contribution in [-0.2, 0) is 18.3 Å². The third-order valence-electron chi connectivity index (χ3n) is 6.74. The maximum absolute atomic E-state index is 9.68. The fourth-order valence-corrected chi connectivity index (χ4v) is 4.63. The minimum atomic E-state index is -0.215. The Morgan fingerprint density at radius 3 is 1.31 bits per heavy atom. The standard InChI is InChI=1S/C33H32O2/c1-5-7-25-21-27(13-19-31(25)23-9-15-29(34)16-10-23)33(3,4)28-14-20-32(26(22-28)8-6-2)24-11-17-30(35)18-12-24/h5-6,9-22,34-35H,1-2,7-8H2,3-4H3. The molecule has 2 N–H and O–H groups in total. The van der Waals surface area contributed by atoms with Gasteiger partial charge in [0.2, 0.25) is 0 Å². The molecule has 0 unspecified atom stereocenters. The van der Waals surface area contributed by atoms with Crippen LogP contribution in [0.25, 0.3) is 22.3 Å². The molecular weight excluding hydrogens is 428 g/mol. The normalized spacial score (nSPS) is 11.3. The van der Waals surface area contributed by atoms with Crippen LogP contribution in [0, 0.1) is 0 Å². The van der Waals surface area contributed by atoms with Crippen molar-refractivity contribution in [2.45, 2.75) is 32.1 Å². The highest BCUT2D eigenvalue weighted by atomic mass is 16.3. The third-order valence-corrected chi connectivity index (χ3v) is 6.74. The van der Waals surface area contributed by atoms with Crippen molar-refractivity contribution >= 4 is 0 Å². The van der Waals surface area contributed by atoms with Gasteiger partial charge in [0.25, 0.3) is 0 Å². The third kappa shape index (κ3) is 5.07. The van der Waals surface area contributed by atoms with Gasteiger partial charge in [-0.3, -0.25) is 0 Å². The van der Waals surface area contributed by atoms with Gasteiger partial charge in [-0.1, -0.05) is 86.7 Å². The summed E-state index contributed by atoms with van der Waals surface area (Å²) >= 11 is 0. The predicted octanol–water partition coefficient (Wildman–Crippen LogP) is 8.21. The van der Waals surface area contributed by atoms with Crippen LogP contribution in [0.2, 0.25) is 0 Å². The number of aromatic hydroxyl groups is 2. The zero-order valence-electron chi connectivity index (χ0n) is 20.5. The molecule has 0 heterocycles. The van der Waals surface area contributed by atoms with Crippen molar-refractivity contribution in [3.63, 3.8) is 0 Å². The van der Waals surface area contributed by atoms with Gasteiger partial charge >= 0.3 is 0 Å². The van der Waals surface area contributed by atoms with Crippen molar-refractivity contribution < 1.29 is 10.2 Å². The fraction of sp³-hybridized carbons (Fsp3) is 0.152. The second-order valence-electron chi connectivity index (χ2n) is 9.45. The number of hydrogen-bond donors (Lipinski definition) is 2. The van der Waals surface area contributed by atoms with E-state index in [1.165, 1.54) is 22.3 Å². The predicted molar refractivity (Wildman–Crippen MR) is 147 cm³/mol. The SMILES string of the molecule is C=CCc1cc(C(C)(C)c2ccc(-c3ccc(O)cc3)c(CC=C)c2)ccc1-c1ccc(O)cc1. The topological polar surface area (TPSA) is 40.5 Å². The quantitative estimate of drug-likeness (QED) is 0.260. The van der Waals surface area contributed by atoms with Gasteiger partial charge in [0, 0.05) is 5.41 Å². The first kappa shape index (κ1) is 24.1. The van der Waals surface area contributed by atoms with Crippen LogP contribution < -0.4 is 0 Å². The number of phenolic OH excluding ortho intramolecular Hbond substituents is 2. The van der Waals surface area contributed by atoms with E-state index in [0.717, 1.165) is 35.1 Å². The van der Waals surface area contributed by atoms with Crippen molar-refractivity contribution in [2.24, 2.45) is 0 Å². The lowest BCUT2D eigenvalue weighted by atomic mass is 9.75. The summed E-state index contributed by atoms with van der Waals surface area (Å²) < 4.78 is 0. The second-order valence-corrected chi connectivity index (χ2v) is 9.45. The first-order valence-corrected chi connectivity index (χ1v) is 11.9. The average molecular weight is 461 g/mol. The monoisotopic (exact) mass is 460 g/mol. The maximum atomic E-state index is 9.68. The molecule has 0 saturated heterocycles. The molecule has 0 radical (unpaired) electrons. The average Bonchev–Trinajstić information content (AvgIpc) is 2.85. The molecule has 4 aromatic carbocycles. The Balaban J connectivity index is 1.76. The molecule has 2 nitrogen and oxygen atoms in total. The van der Waals surface area contributed by atoms with Crippen LogP contribution in [0.4, 0.5) is 0 Å². The van der Waals surface area contributed by atoms with Gasteiger partial charge in [0.05, 0.1) is 0 Å². The number of benzene rings is 4. The molecule has 0 bridgehead atoms. The van der Waals surface area contributed by atoms with Gasteiger partial charge in [-0.05, 0) is 81.6 Å². The Hall–Kier alpha value is -4.04. The number of hydrogen-bond acceptors (Lipinski definition) is 2. The van der Waals surface area contributed by atoms with Gasteiger partial charge in [-0.25, -0.2) is 0 Å². The Kier molecular flexibility index (Phi) is 6.93. The molecule has 4 rings (SSSR count). The van der Waals surface area contributed by atoms with E-state index in [-0.39, 0.29) is 16.9 Å². The minimum Gasteiger partial charge on any atom is -0.508 e. The second kappa shape index (κ2) is 10.1. The van der Waals surface area contributed by atoms with Gasteiger partial charge in [-0.2, -0.15) is 0 Å². The smallest absolute Gasteiger partial charge is 0.115 e. The van der Waals surface area contributed by atoms with Gasteiger partial charge in [-0.15, -0.1) is 13.2 Å². The number of allylic oxidation sites excluding steroid dienone is 2. The molecule has 0 amide bonds. The molecule has 35 heavy (non-hydrogen) atoms. The summed E-state index contributed by atoms with van der Waals surface area (Å²) in [4.78, 5) is 0. The molecule has 0 aliphatic heterocycles. The van der Waals surface area contributed by atoms with Gasteiger partial charge in [0.15, 0.2) is 0 Å². The van der Waals surface area contributed by atoms with Crippen LogP contribution in [0.1, 0.15) is 36.1 Å². The molecule has 0 saturated carbocycles. The molecule has 4 aromatic rings. The summed E-state index contributed by atoms with van der Waals surface area (Å²) in [6, 6.07) is 28.0. The summed E-state index contributed by atoms with van der Waals surface area (Å²) in [7, 11) is 0. The van der Waals surface area contributed by atoms with Crippen molar-refractivity contribution in [1.82, 2.24) is 0 Å². The Morgan fingerprint density at radius 1 is 0.600 bits per heavy atom. The van der Waals surface area contributed by atoms with Crippen molar-refractivity contribution in [3.05, 3.63) is 132 Å². The molecule has 0 aromatic heterocycles. The van der Waals surface area contributed by atoms with E-state index in [4.69, 9.17) is 0 Å². The van der Waals surface area contributed by atoms with E-state index in [0.29, 0.717) is 0 Å². The summed E-state index contributed by atoms with van der Waals surface area (Å²) in [5, 5.41) is 19.4. The van der Waals surface area contributed by atoms with Crippen LogP contribution >= 0.6 is 0 Å². The summed E-state index contributed by atoms with van der Waals surface area (Å²) in [5.74, 6) is 0.533. The maximum Gasteiger partial charge on any atom is 0.115 e. The van der Waals surface area contributed by atoms with Crippen LogP contribution in [0.5, 0.6) is 11.5 Å². The van der Waals surface area contributed by atoms with Gasteiger partial charge in [0.1, 0.15) is 11.5 Å². The van der Waals surface area contributed by atoms with E-state index in [1.54, 1.807) is 24.3 Å². The lowest BCUT2D eigenvalue weighted by Crippen LogP contribution is -2.19. The highest BCUT2D eigenvalue weighted by Crippen LogP contribution is 2.37. The van der Waals surface area contributed by atoms with E-state index >= 15 is 0 Å². The fourth-order valence-electron chi connectivity index (χ4n) is 4.63. The molecule has 0 aliphatic carbocycles. The van der Waals surface area contributed by atoms with Crippen LogP contribution in [-0.4, -0.2) is 10.2 Å². The first-order chi connectivity index (χ1) is 16.8. The Bertz CT molecular complexity index is 1240. The van der Waals surface area contributed by atoms with E-state index in [9.17, 15) is 10.2 Å². The number of rotatable bonds is 8. The van der Waals surface area contributed by atoms with Crippen molar-refractivity contribution in [3.8, 4) is 33.8 Å². The molecule has 0 fully saturated rings. The zero-order valence-corrected chi connectivity index (χ0v) is 20.5. The summed E-state index contributed by atoms with van der Waals surface area (Å²) in [6.45, 7) is 12.4. The summed E-state index contributed by atoms with van der Waals surface area (Å²) in [5.41, 5.74) is 9.14. The highest BCUT2D eigenvalue weighted by Gasteiger charge is 2.25. The molecule has 176 valence electrons. The lowest BCUT2D eigenvalue weighted by molar-refractivity contribution is 0.475. The highest BCUT2D eigenvalue weighted by molar-refractivity contribution is 5.71. The summed E-state index contributed by atoms with van der Waals surface area (Å²) in [6.07, 6.45) is 5.40. The van der Waals surface area contributed by atoms with Crippen LogP contribution in [0.3, 0.4) is 0 Å². The van der Waals surface area contributed by atoms with Crippen molar-refractivity contribution in [2.75, 3.05) is 0 Å². The lowest BCUT2D eigenvalue weighted by Gasteiger charge is -2.28. The molecular formula is C33H32O2. The Morgan fingerprint density at radius 2 is 0.971 bits per heavy atom. The van der Waals surface area contributed by atoms with E-state index < -0.39 is 0 Å². The van der Waals surface area contributed by atoms with E-state index in [1.807, 2.05) is 36.4 Å².